The number of hydrogen-bond donors (Lipinski definition) is 2. The van der Waals surface area contributed by atoms with Crippen LogP contribution >= 0.6 is 0 Å². The number of nitrogens with one attached hydrogen (secondary N) is 1. The van der Waals surface area contributed by atoms with E-state index in [2.05, 4.69) is 20.3 Å². The minimum Gasteiger partial charge on any atom is -0.463 e. The van der Waals surface area contributed by atoms with E-state index in [0.717, 1.165) is 18.6 Å². The highest BCUT2D eigenvalue weighted by Crippen LogP contribution is 2.22. The van der Waals surface area contributed by atoms with E-state index in [1.807, 2.05) is 6.92 Å². The van der Waals surface area contributed by atoms with Crippen LogP contribution in [-0.4, -0.2) is 21.6 Å². The van der Waals surface area contributed by atoms with Gasteiger partial charge in [0.2, 0.25) is 11.9 Å². The molecule has 0 aliphatic carbocycles. The molecule has 0 aliphatic heterocycles. The van der Waals surface area contributed by atoms with Crippen molar-refractivity contribution in [3.05, 3.63) is 29.3 Å². The van der Waals surface area contributed by atoms with Gasteiger partial charge in [0.15, 0.2) is 0 Å². The molecule has 1 aromatic heterocycles. The zero-order valence-corrected chi connectivity index (χ0v) is 11.7. The fourth-order valence-electron chi connectivity index (χ4n) is 1.55. The van der Waals surface area contributed by atoms with Crippen molar-refractivity contribution in [3.8, 4) is 6.01 Å². The molecule has 21 heavy (non-hydrogen) atoms. The second kappa shape index (κ2) is 6.29. The number of nitrogen functional groups attached to an aromatic ring is 1. The summed E-state index contributed by atoms with van der Waals surface area (Å²) in [6.45, 7) is 3.81. The topological polar surface area (TPSA) is 86.0 Å². The van der Waals surface area contributed by atoms with E-state index in [1.54, 1.807) is 0 Å². The van der Waals surface area contributed by atoms with Crippen LogP contribution in [0.2, 0.25) is 0 Å². The first-order valence-corrected chi connectivity index (χ1v) is 6.36. The molecule has 6 nitrogen and oxygen atoms in total. The Kier molecular flexibility index (Phi) is 4.46. The number of aromatic nitrogens is 3. The van der Waals surface area contributed by atoms with Gasteiger partial charge in [0, 0.05) is 6.07 Å². The van der Waals surface area contributed by atoms with Crippen molar-refractivity contribution in [2.24, 2.45) is 0 Å². The van der Waals surface area contributed by atoms with E-state index in [1.165, 1.54) is 6.92 Å². The molecule has 0 aliphatic rings. The lowest BCUT2D eigenvalue weighted by atomic mass is 10.2. The van der Waals surface area contributed by atoms with Crippen LogP contribution in [0.1, 0.15) is 18.9 Å². The van der Waals surface area contributed by atoms with Gasteiger partial charge in [-0.05, 0) is 25.0 Å². The lowest BCUT2D eigenvalue weighted by Crippen LogP contribution is -2.08. The Labute approximate surface area is 120 Å². The van der Waals surface area contributed by atoms with Gasteiger partial charge in [0.05, 0.1) is 12.3 Å². The van der Waals surface area contributed by atoms with Crippen molar-refractivity contribution in [1.29, 1.82) is 0 Å². The molecule has 8 heteroatoms. The smallest absolute Gasteiger partial charge is 0.323 e. The standard InChI is InChI=1S/C13H15F2N5O/c1-3-4-21-13-19-11(16)18-12(20-13)17-10-6-8(14)7(2)5-9(10)15/h5-6H,3-4H2,1-2H3,(H3,16,17,18,19,20). The first-order valence-electron chi connectivity index (χ1n) is 6.36. The van der Waals surface area contributed by atoms with Crippen LogP contribution in [0.5, 0.6) is 6.01 Å². The number of nitrogens with zero attached hydrogens (tertiary/aromatic N) is 3. The van der Waals surface area contributed by atoms with Gasteiger partial charge in [-0.1, -0.05) is 6.92 Å². The van der Waals surface area contributed by atoms with Crippen LogP contribution in [0.3, 0.4) is 0 Å². The summed E-state index contributed by atoms with van der Waals surface area (Å²) in [4.78, 5) is 11.5. The molecule has 1 aromatic carbocycles. The van der Waals surface area contributed by atoms with Gasteiger partial charge in [0.25, 0.3) is 0 Å². The Balaban J connectivity index is 2.27. The lowest BCUT2D eigenvalue weighted by Gasteiger charge is -2.09. The number of aryl methyl sites for hydroxylation is 1. The van der Waals surface area contributed by atoms with Crippen molar-refractivity contribution in [3.63, 3.8) is 0 Å². The fraction of sp³-hybridized carbons (Fsp3) is 0.308. The Bertz CT molecular complexity index is 651. The quantitative estimate of drug-likeness (QED) is 0.881. The van der Waals surface area contributed by atoms with Gasteiger partial charge in [-0.3, -0.25) is 0 Å². The number of ether oxygens (including phenoxy) is 1. The highest BCUT2D eigenvalue weighted by molar-refractivity contribution is 5.55. The Morgan fingerprint density at radius 2 is 1.95 bits per heavy atom. The normalized spacial score (nSPS) is 10.5. The van der Waals surface area contributed by atoms with Crippen molar-refractivity contribution in [2.75, 3.05) is 17.7 Å². The molecule has 0 saturated carbocycles. The lowest BCUT2D eigenvalue weighted by molar-refractivity contribution is 0.292. The summed E-state index contributed by atoms with van der Waals surface area (Å²) in [6.07, 6.45) is 0.770. The molecule has 0 unspecified atom stereocenters. The van der Waals surface area contributed by atoms with Crippen LogP contribution in [0.4, 0.5) is 26.4 Å². The number of nitrogens with two attached hydrogens (primary N) is 1. The second-order valence-electron chi connectivity index (χ2n) is 4.35. The zero-order chi connectivity index (χ0) is 15.4. The zero-order valence-electron chi connectivity index (χ0n) is 11.7. The van der Waals surface area contributed by atoms with Gasteiger partial charge in [0.1, 0.15) is 11.6 Å². The summed E-state index contributed by atoms with van der Waals surface area (Å²) in [5, 5.41) is 2.56. The van der Waals surface area contributed by atoms with Gasteiger partial charge < -0.3 is 15.8 Å². The molecule has 3 N–H and O–H groups in total. The average Bonchev–Trinajstić information content (AvgIpc) is 2.42. The highest BCUT2D eigenvalue weighted by Gasteiger charge is 2.11. The maximum Gasteiger partial charge on any atom is 0.323 e. The fourth-order valence-corrected chi connectivity index (χ4v) is 1.55. The van der Waals surface area contributed by atoms with Crippen LogP contribution in [0.25, 0.3) is 0 Å². The van der Waals surface area contributed by atoms with Crippen molar-refractivity contribution >= 4 is 17.6 Å². The summed E-state index contributed by atoms with van der Waals surface area (Å²) < 4.78 is 32.5. The molecule has 0 bridgehead atoms. The molecular formula is C13H15F2N5O. The van der Waals surface area contributed by atoms with Gasteiger partial charge >= 0.3 is 6.01 Å². The third kappa shape index (κ3) is 3.74. The summed E-state index contributed by atoms with van der Waals surface area (Å²) >= 11 is 0. The molecule has 0 atom stereocenters. The van der Waals surface area contributed by atoms with Crippen molar-refractivity contribution in [2.45, 2.75) is 20.3 Å². The molecule has 0 radical (unpaired) electrons. The van der Waals surface area contributed by atoms with E-state index < -0.39 is 11.6 Å². The summed E-state index contributed by atoms with van der Waals surface area (Å²) in [5.41, 5.74) is 5.64. The summed E-state index contributed by atoms with van der Waals surface area (Å²) in [5.74, 6) is -1.25. The van der Waals surface area contributed by atoms with E-state index in [0.29, 0.717) is 6.61 Å². The summed E-state index contributed by atoms with van der Waals surface area (Å²) in [7, 11) is 0. The Hall–Kier alpha value is -2.51. The molecule has 0 amide bonds. The van der Waals surface area contributed by atoms with Crippen LogP contribution in [-0.2, 0) is 0 Å². The molecule has 2 aromatic rings. The summed E-state index contributed by atoms with van der Waals surface area (Å²) in [6, 6.07) is 2.13. The number of anilines is 3. The van der Waals surface area contributed by atoms with E-state index >= 15 is 0 Å². The minimum absolute atomic E-state index is 0.0178. The third-order valence-electron chi connectivity index (χ3n) is 2.56. The van der Waals surface area contributed by atoms with E-state index in [4.69, 9.17) is 10.5 Å². The van der Waals surface area contributed by atoms with Crippen LogP contribution in [0.15, 0.2) is 12.1 Å². The molecule has 0 spiro atoms. The number of halogens is 2. The second-order valence-corrected chi connectivity index (χ2v) is 4.35. The molecule has 0 saturated heterocycles. The van der Waals surface area contributed by atoms with Crippen LogP contribution in [0, 0.1) is 18.6 Å². The Morgan fingerprint density at radius 1 is 1.19 bits per heavy atom. The van der Waals surface area contributed by atoms with Crippen LogP contribution < -0.4 is 15.8 Å². The Morgan fingerprint density at radius 3 is 2.67 bits per heavy atom. The molecule has 1 heterocycles. The van der Waals surface area contributed by atoms with Crippen molar-refractivity contribution in [1.82, 2.24) is 15.0 Å². The van der Waals surface area contributed by atoms with E-state index in [-0.39, 0.29) is 29.2 Å². The van der Waals surface area contributed by atoms with Gasteiger partial charge in [-0.15, -0.1) is 0 Å². The predicted octanol–water partition coefficient (Wildman–Crippen LogP) is 2.57. The maximum absolute atomic E-state index is 13.8. The predicted molar refractivity (Wildman–Crippen MR) is 74.4 cm³/mol. The monoisotopic (exact) mass is 295 g/mol. The number of hydrogen-bond acceptors (Lipinski definition) is 6. The van der Waals surface area contributed by atoms with E-state index in [9.17, 15) is 8.78 Å². The van der Waals surface area contributed by atoms with Gasteiger partial charge in [-0.25, -0.2) is 8.78 Å². The first kappa shape index (κ1) is 14.9. The molecule has 0 fully saturated rings. The molecule has 2 rings (SSSR count). The first-order chi connectivity index (χ1) is 9.99. The number of benzene rings is 1. The largest absolute Gasteiger partial charge is 0.463 e. The average molecular weight is 295 g/mol. The molecule has 112 valence electrons. The third-order valence-corrected chi connectivity index (χ3v) is 2.56. The maximum atomic E-state index is 13.8. The molecular weight excluding hydrogens is 280 g/mol. The SMILES string of the molecule is CCCOc1nc(N)nc(Nc2cc(F)c(C)cc2F)n1. The van der Waals surface area contributed by atoms with Gasteiger partial charge in [-0.2, -0.15) is 15.0 Å². The minimum atomic E-state index is -0.621. The van der Waals surface area contributed by atoms with Crippen molar-refractivity contribution < 1.29 is 13.5 Å². The number of rotatable bonds is 5. The highest BCUT2D eigenvalue weighted by atomic mass is 19.1.